The second kappa shape index (κ2) is 7.06. The summed E-state index contributed by atoms with van der Waals surface area (Å²) in [6.45, 7) is 4.84. The van der Waals surface area contributed by atoms with E-state index in [9.17, 15) is 0 Å². The minimum absolute atomic E-state index is 0.367. The number of rotatable bonds is 5. The van der Waals surface area contributed by atoms with Gasteiger partial charge in [-0.2, -0.15) is 0 Å². The van der Waals surface area contributed by atoms with Crippen LogP contribution < -0.4 is 5.32 Å². The van der Waals surface area contributed by atoms with Crippen LogP contribution in [0.3, 0.4) is 0 Å². The number of aliphatic hydroxyl groups is 1. The summed E-state index contributed by atoms with van der Waals surface area (Å²) in [5.74, 6) is 0.546. The van der Waals surface area contributed by atoms with Gasteiger partial charge in [0.25, 0.3) is 0 Å². The molecule has 0 bridgehead atoms. The third kappa shape index (κ3) is 4.32. The third-order valence-corrected chi connectivity index (χ3v) is 4.41. The first kappa shape index (κ1) is 14.5. The van der Waals surface area contributed by atoms with Crippen molar-refractivity contribution in [1.82, 2.24) is 5.32 Å². The summed E-state index contributed by atoms with van der Waals surface area (Å²) < 4.78 is 0. The predicted molar refractivity (Wildman–Crippen MR) is 80.3 cm³/mol. The van der Waals surface area contributed by atoms with E-state index in [4.69, 9.17) is 5.11 Å². The molecule has 19 heavy (non-hydrogen) atoms. The van der Waals surface area contributed by atoms with Crippen molar-refractivity contribution < 1.29 is 5.11 Å². The van der Waals surface area contributed by atoms with Gasteiger partial charge in [-0.3, -0.25) is 0 Å². The standard InChI is InChI=1S/C17H27NO/c1-13-5-3-4-6-16(13)11-14(2)18-17-9-7-15(12-19)8-10-17/h3-6,14-15,17-19H,7-12H2,1-2H3. The lowest BCUT2D eigenvalue weighted by atomic mass is 9.86. The first-order valence-corrected chi connectivity index (χ1v) is 7.60. The molecule has 0 aromatic heterocycles. The Bertz CT molecular complexity index is 383. The van der Waals surface area contributed by atoms with E-state index in [0.717, 1.165) is 6.42 Å². The molecule has 1 aliphatic carbocycles. The normalized spacial score (nSPS) is 25.2. The number of benzene rings is 1. The van der Waals surface area contributed by atoms with Crippen LogP contribution in [0.4, 0.5) is 0 Å². The van der Waals surface area contributed by atoms with E-state index in [1.807, 2.05) is 0 Å². The van der Waals surface area contributed by atoms with E-state index in [2.05, 4.69) is 43.4 Å². The SMILES string of the molecule is Cc1ccccc1CC(C)NC1CCC(CO)CC1. The Morgan fingerprint density at radius 1 is 1.21 bits per heavy atom. The van der Waals surface area contributed by atoms with Gasteiger partial charge in [-0.05, 0) is 63.0 Å². The number of hydrogen-bond acceptors (Lipinski definition) is 2. The zero-order valence-corrected chi connectivity index (χ0v) is 12.2. The fraction of sp³-hybridized carbons (Fsp3) is 0.647. The highest BCUT2D eigenvalue weighted by molar-refractivity contribution is 5.26. The second-order valence-corrected chi connectivity index (χ2v) is 6.10. The van der Waals surface area contributed by atoms with Crippen LogP contribution in [0, 0.1) is 12.8 Å². The highest BCUT2D eigenvalue weighted by Crippen LogP contribution is 2.24. The van der Waals surface area contributed by atoms with Crippen LogP contribution >= 0.6 is 0 Å². The van der Waals surface area contributed by atoms with E-state index in [-0.39, 0.29) is 0 Å². The summed E-state index contributed by atoms with van der Waals surface area (Å²) in [5, 5.41) is 12.9. The molecule has 2 heteroatoms. The molecule has 2 N–H and O–H groups in total. The molecule has 0 spiro atoms. The molecule has 0 saturated heterocycles. The lowest BCUT2D eigenvalue weighted by Gasteiger charge is -2.30. The molecular weight excluding hydrogens is 234 g/mol. The number of nitrogens with one attached hydrogen (secondary N) is 1. The van der Waals surface area contributed by atoms with Gasteiger partial charge < -0.3 is 10.4 Å². The van der Waals surface area contributed by atoms with Crippen molar-refractivity contribution in [3.05, 3.63) is 35.4 Å². The van der Waals surface area contributed by atoms with Crippen LogP contribution in [0.1, 0.15) is 43.7 Å². The van der Waals surface area contributed by atoms with Gasteiger partial charge in [0.1, 0.15) is 0 Å². The van der Waals surface area contributed by atoms with Crippen molar-refractivity contribution in [2.24, 2.45) is 5.92 Å². The first-order chi connectivity index (χ1) is 9.19. The Hall–Kier alpha value is -0.860. The third-order valence-electron chi connectivity index (χ3n) is 4.41. The molecule has 1 aromatic rings. The highest BCUT2D eigenvalue weighted by atomic mass is 16.3. The molecule has 0 radical (unpaired) electrons. The minimum atomic E-state index is 0.367. The Morgan fingerprint density at radius 3 is 2.53 bits per heavy atom. The van der Waals surface area contributed by atoms with E-state index >= 15 is 0 Å². The second-order valence-electron chi connectivity index (χ2n) is 6.10. The summed E-state index contributed by atoms with van der Waals surface area (Å²) in [4.78, 5) is 0. The Labute approximate surface area is 117 Å². The Balaban J connectivity index is 1.79. The molecule has 1 fully saturated rings. The highest BCUT2D eigenvalue weighted by Gasteiger charge is 2.21. The maximum absolute atomic E-state index is 9.16. The van der Waals surface area contributed by atoms with Crippen molar-refractivity contribution in [2.45, 2.75) is 58.0 Å². The molecule has 0 heterocycles. The molecule has 1 atom stereocenters. The lowest BCUT2D eigenvalue weighted by Crippen LogP contribution is -2.40. The van der Waals surface area contributed by atoms with Crippen LogP contribution in [-0.4, -0.2) is 23.8 Å². The number of aliphatic hydroxyl groups excluding tert-OH is 1. The maximum Gasteiger partial charge on any atom is 0.0459 e. The van der Waals surface area contributed by atoms with E-state index in [0.29, 0.717) is 24.6 Å². The predicted octanol–water partition coefficient (Wildman–Crippen LogP) is 3.07. The zero-order valence-electron chi connectivity index (χ0n) is 12.2. The van der Waals surface area contributed by atoms with Gasteiger partial charge in [0.05, 0.1) is 0 Å². The fourth-order valence-electron chi connectivity index (χ4n) is 3.14. The van der Waals surface area contributed by atoms with Gasteiger partial charge in [-0.25, -0.2) is 0 Å². The van der Waals surface area contributed by atoms with E-state index in [1.54, 1.807) is 0 Å². The molecule has 2 rings (SSSR count). The summed E-state index contributed by atoms with van der Waals surface area (Å²) in [6, 6.07) is 9.82. The summed E-state index contributed by atoms with van der Waals surface area (Å²) in [5.41, 5.74) is 2.84. The monoisotopic (exact) mass is 261 g/mol. The van der Waals surface area contributed by atoms with Crippen LogP contribution in [0.15, 0.2) is 24.3 Å². The van der Waals surface area contributed by atoms with Crippen molar-refractivity contribution in [3.63, 3.8) is 0 Å². The molecule has 2 nitrogen and oxygen atoms in total. The van der Waals surface area contributed by atoms with Crippen molar-refractivity contribution in [1.29, 1.82) is 0 Å². The Morgan fingerprint density at radius 2 is 1.89 bits per heavy atom. The van der Waals surface area contributed by atoms with E-state index < -0.39 is 0 Å². The molecule has 0 amide bonds. The van der Waals surface area contributed by atoms with Gasteiger partial charge in [0, 0.05) is 18.7 Å². The topological polar surface area (TPSA) is 32.3 Å². The fourth-order valence-corrected chi connectivity index (χ4v) is 3.14. The maximum atomic E-state index is 9.16. The molecule has 1 unspecified atom stereocenters. The van der Waals surface area contributed by atoms with Crippen molar-refractivity contribution in [3.8, 4) is 0 Å². The van der Waals surface area contributed by atoms with Crippen molar-refractivity contribution in [2.75, 3.05) is 6.61 Å². The molecule has 1 saturated carbocycles. The lowest BCUT2D eigenvalue weighted by molar-refractivity contribution is 0.172. The average Bonchev–Trinajstić information content (AvgIpc) is 2.42. The molecule has 1 aliphatic rings. The quantitative estimate of drug-likeness (QED) is 0.854. The first-order valence-electron chi connectivity index (χ1n) is 7.60. The van der Waals surface area contributed by atoms with Gasteiger partial charge in [0.2, 0.25) is 0 Å². The van der Waals surface area contributed by atoms with Gasteiger partial charge in [0.15, 0.2) is 0 Å². The molecular formula is C17H27NO. The molecule has 1 aromatic carbocycles. The van der Waals surface area contributed by atoms with E-state index in [1.165, 1.54) is 36.8 Å². The largest absolute Gasteiger partial charge is 0.396 e. The number of aryl methyl sites for hydroxylation is 1. The van der Waals surface area contributed by atoms with Crippen molar-refractivity contribution >= 4 is 0 Å². The Kier molecular flexibility index (Phi) is 5.41. The molecule has 106 valence electrons. The van der Waals surface area contributed by atoms with Crippen LogP contribution in [0.2, 0.25) is 0 Å². The minimum Gasteiger partial charge on any atom is -0.396 e. The summed E-state index contributed by atoms with van der Waals surface area (Å²) in [6.07, 6.45) is 5.87. The zero-order chi connectivity index (χ0) is 13.7. The average molecular weight is 261 g/mol. The van der Waals surface area contributed by atoms with Gasteiger partial charge in [-0.15, -0.1) is 0 Å². The van der Waals surface area contributed by atoms with Crippen LogP contribution in [-0.2, 0) is 6.42 Å². The summed E-state index contributed by atoms with van der Waals surface area (Å²) >= 11 is 0. The summed E-state index contributed by atoms with van der Waals surface area (Å²) in [7, 11) is 0. The van der Waals surface area contributed by atoms with Crippen LogP contribution in [0.5, 0.6) is 0 Å². The van der Waals surface area contributed by atoms with Crippen LogP contribution in [0.25, 0.3) is 0 Å². The molecule has 0 aliphatic heterocycles. The smallest absolute Gasteiger partial charge is 0.0459 e. The van der Waals surface area contributed by atoms with Gasteiger partial charge in [-0.1, -0.05) is 24.3 Å². The number of hydrogen-bond donors (Lipinski definition) is 2. The van der Waals surface area contributed by atoms with Gasteiger partial charge >= 0.3 is 0 Å².